The van der Waals surface area contributed by atoms with Gasteiger partial charge in [-0.2, -0.15) is 13.2 Å². The van der Waals surface area contributed by atoms with E-state index in [1.54, 1.807) is 0 Å². The van der Waals surface area contributed by atoms with E-state index in [0.717, 1.165) is 12.1 Å². The van der Waals surface area contributed by atoms with E-state index in [4.69, 9.17) is 22.5 Å². The lowest BCUT2D eigenvalue weighted by Gasteiger charge is -2.11. The molecular weight excluding hydrogens is 271 g/mol. The molecule has 1 aromatic rings. The van der Waals surface area contributed by atoms with E-state index >= 15 is 0 Å². The van der Waals surface area contributed by atoms with Crippen LogP contribution in [0.1, 0.15) is 12.0 Å². The third-order valence-electron chi connectivity index (χ3n) is 2.12. The van der Waals surface area contributed by atoms with Gasteiger partial charge in [0.05, 0.1) is 16.3 Å². The highest BCUT2D eigenvalue weighted by Crippen LogP contribution is 2.33. The number of anilines is 1. The molecule has 0 amide bonds. The van der Waals surface area contributed by atoms with Crippen molar-refractivity contribution in [3.05, 3.63) is 28.8 Å². The van der Waals surface area contributed by atoms with E-state index < -0.39 is 11.7 Å². The minimum Gasteiger partial charge on any atom is -0.409 e. The van der Waals surface area contributed by atoms with Crippen LogP contribution in [0.2, 0.25) is 5.02 Å². The summed E-state index contributed by atoms with van der Waals surface area (Å²) in [5.74, 6) is 0.0190. The average molecular weight is 282 g/mol. The van der Waals surface area contributed by atoms with E-state index in [1.807, 2.05) is 0 Å². The first kappa shape index (κ1) is 14.4. The van der Waals surface area contributed by atoms with Crippen molar-refractivity contribution in [2.75, 3.05) is 11.9 Å². The van der Waals surface area contributed by atoms with Crippen molar-refractivity contribution < 1.29 is 18.4 Å². The molecule has 0 saturated heterocycles. The lowest BCUT2D eigenvalue weighted by atomic mass is 10.2. The van der Waals surface area contributed by atoms with Gasteiger partial charge in [0.1, 0.15) is 5.84 Å². The van der Waals surface area contributed by atoms with Gasteiger partial charge in [-0.3, -0.25) is 0 Å². The van der Waals surface area contributed by atoms with Crippen LogP contribution in [0.25, 0.3) is 0 Å². The molecule has 0 aliphatic carbocycles. The Morgan fingerprint density at radius 3 is 2.61 bits per heavy atom. The summed E-state index contributed by atoms with van der Waals surface area (Å²) in [6, 6.07) is 3.00. The maximum atomic E-state index is 12.4. The summed E-state index contributed by atoms with van der Waals surface area (Å²) < 4.78 is 37.1. The van der Waals surface area contributed by atoms with E-state index in [2.05, 4.69) is 10.5 Å². The molecule has 0 aromatic heterocycles. The number of hydrogen-bond donors (Lipinski definition) is 3. The molecule has 0 heterocycles. The number of oxime groups is 1. The summed E-state index contributed by atoms with van der Waals surface area (Å²) in [6.45, 7) is 0.293. The maximum Gasteiger partial charge on any atom is 0.416 e. The van der Waals surface area contributed by atoms with Gasteiger partial charge >= 0.3 is 6.18 Å². The predicted molar refractivity (Wildman–Crippen MR) is 63.0 cm³/mol. The molecule has 1 aromatic carbocycles. The number of halogens is 4. The molecule has 4 N–H and O–H groups in total. The van der Waals surface area contributed by atoms with Crippen LogP contribution < -0.4 is 11.1 Å². The van der Waals surface area contributed by atoms with Crippen LogP contribution in [-0.2, 0) is 6.18 Å². The quantitative estimate of drug-likeness (QED) is 0.344. The number of alkyl halides is 3. The van der Waals surface area contributed by atoms with Crippen molar-refractivity contribution in [2.24, 2.45) is 10.9 Å². The second-order valence-electron chi connectivity index (χ2n) is 3.46. The molecule has 0 aliphatic heterocycles. The van der Waals surface area contributed by atoms with Crippen LogP contribution in [0.3, 0.4) is 0 Å². The van der Waals surface area contributed by atoms with Gasteiger partial charge in [-0.1, -0.05) is 16.8 Å². The highest BCUT2D eigenvalue weighted by molar-refractivity contribution is 6.33. The highest BCUT2D eigenvalue weighted by atomic mass is 35.5. The molecule has 8 heteroatoms. The molecule has 18 heavy (non-hydrogen) atoms. The fourth-order valence-corrected chi connectivity index (χ4v) is 1.46. The Labute approximate surface area is 106 Å². The Bertz CT molecular complexity index is 448. The number of nitrogens with zero attached hydrogens (tertiary/aromatic N) is 1. The number of nitrogens with one attached hydrogen (secondary N) is 1. The molecule has 0 radical (unpaired) electrons. The van der Waals surface area contributed by atoms with Crippen LogP contribution in [0, 0.1) is 0 Å². The molecule has 100 valence electrons. The molecule has 0 bridgehead atoms. The van der Waals surface area contributed by atoms with E-state index in [9.17, 15) is 13.2 Å². The second kappa shape index (κ2) is 5.81. The molecular formula is C10H11ClF3N3O. The van der Waals surface area contributed by atoms with Crippen molar-refractivity contribution in [1.29, 1.82) is 0 Å². The van der Waals surface area contributed by atoms with Gasteiger partial charge < -0.3 is 16.3 Å². The monoisotopic (exact) mass is 281 g/mol. The standard InChI is InChI=1S/C10H11ClF3N3O/c11-7-5-6(10(12,13)14)1-2-8(7)16-4-3-9(15)17-18/h1-2,5,16,18H,3-4H2,(H2,15,17). The first-order chi connectivity index (χ1) is 8.34. The summed E-state index contributed by atoms with van der Waals surface area (Å²) in [5, 5.41) is 13.8. The summed E-state index contributed by atoms with van der Waals surface area (Å²) in [5.41, 5.74) is 4.78. The van der Waals surface area contributed by atoms with Gasteiger partial charge in [0, 0.05) is 13.0 Å². The molecule has 0 fully saturated rings. The Balaban J connectivity index is 2.69. The van der Waals surface area contributed by atoms with Crippen molar-refractivity contribution in [3.8, 4) is 0 Å². The van der Waals surface area contributed by atoms with E-state index in [0.29, 0.717) is 12.2 Å². The normalized spacial score (nSPS) is 12.6. The number of benzene rings is 1. The zero-order valence-corrected chi connectivity index (χ0v) is 9.89. The summed E-state index contributed by atoms with van der Waals surface area (Å²) >= 11 is 5.71. The number of nitrogens with two attached hydrogens (primary N) is 1. The van der Waals surface area contributed by atoms with Crippen LogP contribution >= 0.6 is 11.6 Å². The summed E-state index contributed by atoms with van der Waals surface area (Å²) in [6.07, 6.45) is -4.18. The van der Waals surface area contributed by atoms with Crippen molar-refractivity contribution >= 4 is 23.1 Å². The number of amidine groups is 1. The summed E-state index contributed by atoms with van der Waals surface area (Å²) in [7, 11) is 0. The third kappa shape index (κ3) is 3.99. The van der Waals surface area contributed by atoms with Crippen LogP contribution in [-0.4, -0.2) is 17.6 Å². The van der Waals surface area contributed by atoms with Crippen LogP contribution in [0.15, 0.2) is 23.4 Å². The zero-order chi connectivity index (χ0) is 13.8. The van der Waals surface area contributed by atoms with Crippen LogP contribution in [0.5, 0.6) is 0 Å². The second-order valence-corrected chi connectivity index (χ2v) is 3.87. The van der Waals surface area contributed by atoms with Gasteiger partial charge in [-0.05, 0) is 18.2 Å². The average Bonchev–Trinajstić information content (AvgIpc) is 2.29. The minimum atomic E-state index is -4.42. The van der Waals surface area contributed by atoms with Crippen molar-refractivity contribution in [2.45, 2.75) is 12.6 Å². The smallest absolute Gasteiger partial charge is 0.409 e. The van der Waals surface area contributed by atoms with Gasteiger partial charge in [-0.15, -0.1) is 0 Å². The zero-order valence-electron chi connectivity index (χ0n) is 9.13. The van der Waals surface area contributed by atoms with Gasteiger partial charge in [0.2, 0.25) is 0 Å². The number of hydrogen-bond acceptors (Lipinski definition) is 3. The Kier molecular flexibility index (Phi) is 4.66. The fraction of sp³-hybridized carbons (Fsp3) is 0.300. The molecule has 0 unspecified atom stereocenters. The predicted octanol–water partition coefficient (Wildman–Crippen LogP) is 2.91. The molecule has 0 aliphatic rings. The maximum absolute atomic E-state index is 12.4. The number of rotatable bonds is 4. The molecule has 0 spiro atoms. The lowest BCUT2D eigenvalue weighted by molar-refractivity contribution is -0.137. The van der Waals surface area contributed by atoms with Crippen LogP contribution in [0.4, 0.5) is 18.9 Å². The highest BCUT2D eigenvalue weighted by Gasteiger charge is 2.30. The SMILES string of the molecule is NC(CCNc1ccc(C(F)(F)F)cc1Cl)=NO. The molecule has 0 atom stereocenters. The van der Waals surface area contributed by atoms with Crippen molar-refractivity contribution in [1.82, 2.24) is 0 Å². The first-order valence-electron chi connectivity index (χ1n) is 4.91. The Hall–Kier alpha value is -1.63. The Morgan fingerprint density at radius 2 is 2.11 bits per heavy atom. The van der Waals surface area contributed by atoms with Gasteiger partial charge in [-0.25, -0.2) is 0 Å². The molecule has 1 rings (SSSR count). The van der Waals surface area contributed by atoms with Crippen molar-refractivity contribution in [3.63, 3.8) is 0 Å². The van der Waals surface area contributed by atoms with Gasteiger partial charge in [0.15, 0.2) is 0 Å². The summed E-state index contributed by atoms with van der Waals surface area (Å²) in [4.78, 5) is 0. The molecule has 4 nitrogen and oxygen atoms in total. The molecule has 0 saturated carbocycles. The van der Waals surface area contributed by atoms with E-state index in [1.165, 1.54) is 6.07 Å². The van der Waals surface area contributed by atoms with Gasteiger partial charge in [0.25, 0.3) is 0 Å². The van der Waals surface area contributed by atoms with E-state index in [-0.39, 0.29) is 17.3 Å². The minimum absolute atomic E-state index is 0.0190. The Morgan fingerprint density at radius 1 is 1.44 bits per heavy atom. The third-order valence-corrected chi connectivity index (χ3v) is 2.43. The lowest BCUT2D eigenvalue weighted by Crippen LogP contribution is -2.16. The topological polar surface area (TPSA) is 70.6 Å². The largest absolute Gasteiger partial charge is 0.416 e. The first-order valence-corrected chi connectivity index (χ1v) is 5.29. The fourth-order valence-electron chi connectivity index (χ4n) is 1.21.